The van der Waals surface area contributed by atoms with Gasteiger partial charge in [-0.25, -0.2) is 0 Å². The highest BCUT2D eigenvalue weighted by Crippen LogP contribution is 2.30. The molecule has 1 aromatic rings. The number of rotatable bonds is 0. The van der Waals surface area contributed by atoms with Crippen LogP contribution in [0.3, 0.4) is 0 Å². The van der Waals surface area contributed by atoms with Crippen LogP contribution >= 0.6 is 11.8 Å². The molecule has 0 fully saturated rings. The van der Waals surface area contributed by atoms with E-state index in [1.807, 2.05) is 12.1 Å². The molecule has 2 N–H and O–H groups in total. The minimum atomic E-state index is 0.913. The Kier molecular flexibility index (Phi) is 1.58. The molecule has 0 atom stereocenters. The molecule has 56 valence electrons. The first-order valence-corrected chi connectivity index (χ1v) is 4.39. The maximum absolute atomic E-state index is 5.22. The molecule has 1 heterocycles. The average molecular weight is 164 g/mol. The third kappa shape index (κ3) is 1.01. The topological polar surface area (TPSA) is 38.4 Å². The van der Waals surface area contributed by atoms with Crippen LogP contribution in [0.15, 0.2) is 34.3 Å². The molecule has 0 saturated heterocycles. The molecule has 0 bridgehead atoms. The third-order valence-electron chi connectivity index (χ3n) is 1.72. The van der Waals surface area contributed by atoms with Crippen LogP contribution in [0.5, 0.6) is 0 Å². The summed E-state index contributed by atoms with van der Waals surface area (Å²) in [6, 6.07) is 8.19. The number of hydrazone groups is 1. The lowest BCUT2D eigenvalue weighted by Crippen LogP contribution is -2.01. The Labute approximate surface area is 69.5 Å². The number of thioether (sulfide) groups is 1. The zero-order valence-corrected chi connectivity index (χ0v) is 6.77. The van der Waals surface area contributed by atoms with Crippen LogP contribution in [0, 0.1) is 0 Å². The van der Waals surface area contributed by atoms with E-state index in [0.717, 1.165) is 11.5 Å². The largest absolute Gasteiger partial charge is 0.323 e. The number of nitrogens with zero attached hydrogens (tertiary/aromatic N) is 1. The number of benzene rings is 1. The molecule has 0 spiro atoms. The van der Waals surface area contributed by atoms with Crippen molar-refractivity contribution in [1.29, 1.82) is 0 Å². The van der Waals surface area contributed by atoms with Crippen molar-refractivity contribution in [3.63, 3.8) is 0 Å². The lowest BCUT2D eigenvalue weighted by molar-refractivity contribution is 1.24. The van der Waals surface area contributed by atoms with Gasteiger partial charge >= 0.3 is 0 Å². The van der Waals surface area contributed by atoms with Gasteiger partial charge in [0, 0.05) is 16.2 Å². The van der Waals surface area contributed by atoms with Crippen molar-refractivity contribution in [2.45, 2.75) is 4.90 Å². The summed E-state index contributed by atoms with van der Waals surface area (Å²) in [7, 11) is 0. The third-order valence-corrected chi connectivity index (χ3v) is 2.80. The van der Waals surface area contributed by atoms with E-state index in [1.165, 1.54) is 10.5 Å². The van der Waals surface area contributed by atoms with Gasteiger partial charge < -0.3 is 5.84 Å². The summed E-state index contributed by atoms with van der Waals surface area (Å²) in [6.45, 7) is 0. The van der Waals surface area contributed by atoms with Crippen LogP contribution in [0.2, 0.25) is 0 Å². The van der Waals surface area contributed by atoms with Crippen LogP contribution in [0.4, 0.5) is 0 Å². The highest BCUT2D eigenvalue weighted by molar-refractivity contribution is 8.00. The Morgan fingerprint density at radius 1 is 1.36 bits per heavy atom. The summed E-state index contributed by atoms with van der Waals surface area (Å²) in [5.41, 5.74) is 2.20. The summed E-state index contributed by atoms with van der Waals surface area (Å²) in [5.74, 6) is 6.14. The average Bonchev–Trinajstić information content (AvgIpc) is 2.47. The number of hydrogen-bond donors (Lipinski definition) is 1. The van der Waals surface area contributed by atoms with E-state index in [-0.39, 0.29) is 0 Å². The van der Waals surface area contributed by atoms with E-state index in [9.17, 15) is 0 Å². The summed E-state index contributed by atoms with van der Waals surface area (Å²) in [6.07, 6.45) is 0. The van der Waals surface area contributed by atoms with E-state index in [1.54, 1.807) is 11.8 Å². The predicted molar refractivity (Wildman–Crippen MR) is 47.9 cm³/mol. The second-order valence-corrected chi connectivity index (χ2v) is 3.38. The minimum absolute atomic E-state index is 0.913. The van der Waals surface area contributed by atoms with Gasteiger partial charge in [-0.15, -0.1) is 11.8 Å². The first-order valence-electron chi connectivity index (χ1n) is 3.41. The first-order chi connectivity index (χ1) is 5.42. The Balaban J connectivity index is 2.55. The molecule has 2 rings (SSSR count). The van der Waals surface area contributed by atoms with E-state index < -0.39 is 0 Å². The monoisotopic (exact) mass is 164 g/mol. The van der Waals surface area contributed by atoms with Gasteiger partial charge in [0.15, 0.2) is 0 Å². The first kappa shape index (κ1) is 6.73. The molecule has 0 amide bonds. The molecule has 0 radical (unpaired) electrons. The van der Waals surface area contributed by atoms with Crippen LogP contribution in [-0.2, 0) is 0 Å². The number of hydrogen-bond acceptors (Lipinski definition) is 3. The van der Waals surface area contributed by atoms with Crippen molar-refractivity contribution in [2.24, 2.45) is 10.9 Å². The second-order valence-electron chi connectivity index (χ2n) is 2.36. The molecule has 0 unspecified atom stereocenters. The van der Waals surface area contributed by atoms with Crippen molar-refractivity contribution in [1.82, 2.24) is 0 Å². The molecular weight excluding hydrogens is 156 g/mol. The molecule has 2 nitrogen and oxygen atoms in total. The quantitative estimate of drug-likeness (QED) is 0.465. The van der Waals surface area contributed by atoms with Gasteiger partial charge in [0.25, 0.3) is 0 Å². The molecular formula is C8H8N2S. The van der Waals surface area contributed by atoms with Gasteiger partial charge in [-0.3, -0.25) is 0 Å². The lowest BCUT2D eigenvalue weighted by atomic mass is 10.1. The van der Waals surface area contributed by atoms with Crippen LogP contribution < -0.4 is 5.84 Å². The molecule has 1 aromatic carbocycles. The smallest absolute Gasteiger partial charge is 0.0786 e. The standard InChI is InChI=1S/C8H8N2S/c9-10-7-5-11-8-4-2-1-3-6(7)8/h1-4H,5,9H2/b10-7+. The van der Waals surface area contributed by atoms with Gasteiger partial charge in [0.05, 0.1) is 5.71 Å². The Bertz CT molecular complexity index is 307. The van der Waals surface area contributed by atoms with Crippen LogP contribution in [0.25, 0.3) is 0 Å². The van der Waals surface area contributed by atoms with Gasteiger partial charge in [0.1, 0.15) is 0 Å². The van der Waals surface area contributed by atoms with Gasteiger partial charge in [-0.2, -0.15) is 5.10 Å². The normalized spacial score (nSPS) is 18.7. The summed E-state index contributed by atoms with van der Waals surface area (Å²) < 4.78 is 0. The van der Waals surface area contributed by atoms with Crippen molar-refractivity contribution in [3.05, 3.63) is 29.8 Å². The van der Waals surface area contributed by atoms with Crippen LogP contribution in [-0.4, -0.2) is 11.5 Å². The SMILES string of the molecule is N/N=C1\CSc2ccccc21. The van der Waals surface area contributed by atoms with Gasteiger partial charge in [-0.05, 0) is 6.07 Å². The van der Waals surface area contributed by atoms with Gasteiger partial charge in [-0.1, -0.05) is 18.2 Å². The molecule has 0 saturated carbocycles. The predicted octanol–water partition coefficient (Wildman–Crippen LogP) is 1.46. The zero-order valence-electron chi connectivity index (χ0n) is 5.95. The molecule has 0 aliphatic carbocycles. The minimum Gasteiger partial charge on any atom is -0.323 e. The fraction of sp³-hybridized carbons (Fsp3) is 0.125. The Hall–Kier alpha value is -0.960. The van der Waals surface area contributed by atoms with E-state index in [4.69, 9.17) is 5.84 Å². The van der Waals surface area contributed by atoms with E-state index in [0.29, 0.717) is 0 Å². The van der Waals surface area contributed by atoms with Crippen molar-refractivity contribution >= 4 is 17.5 Å². The van der Waals surface area contributed by atoms with Crippen molar-refractivity contribution in [3.8, 4) is 0 Å². The molecule has 3 heteroatoms. The fourth-order valence-corrected chi connectivity index (χ4v) is 2.20. The number of fused-ring (bicyclic) bond motifs is 1. The highest BCUT2D eigenvalue weighted by atomic mass is 32.2. The van der Waals surface area contributed by atoms with Gasteiger partial charge in [0.2, 0.25) is 0 Å². The molecule has 1 aliphatic rings. The van der Waals surface area contributed by atoms with Crippen LogP contribution in [0.1, 0.15) is 5.56 Å². The summed E-state index contributed by atoms with van der Waals surface area (Å²) in [4.78, 5) is 1.29. The second kappa shape index (κ2) is 2.58. The maximum atomic E-state index is 5.22. The molecule has 0 aromatic heterocycles. The van der Waals surface area contributed by atoms with E-state index in [2.05, 4.69) is 17.2 Å². The zero-order chi connectivity index (χ0) is 7.68. The lowest BCUT2D eigenvalue weighted by Gasteiger charge is -1.94. The maximum Gasteiger partial charge on any atom is 0.0786 e. The molecule has 11 heavy (non-hydrogen) atoms. The summed E-state index contributed by atoms with van der Waals surface area (Å²) in [5, 5.41) is 3.72. The Morgan fingerprint density at radius 2 is 2.18 bits per heavy atom. The van der Waals surface area contributed by atoms with E-state index >= 15 is 0 Å². The fourth-order valence-electron chi connectivity index (χ4n) is 1.16. The highest BCUT2D eigenvalue weighted by Gasteiger charge is 2.16. The Morgan fingerprint density at radius 3 is 3.00 bits per heavy atom. The van der Waals surface area contributed by atoms with Crippen molar-refractivity contribution < 1.29 is 0 Å². The van der Waals surface area contributed by atoms with Crippen molar-refractivity contribution in [2.75, 3.05) is 5.75 Å². The summed E-state index contributed by atoms with van der Waals surface area (Å²) >= 11 is 1.79. The molecule has 1 aliphatic heterocycles. The number of nitrogens with two attached hydrogens (primary N) is 1.